The van der Waals surface area contributed by atoms with E-state index in [4.69, 9.17) is 14.6 Å². The first-order valence-corrected chi connectivity index (χ1v) is 10.1. The average molecular weight is 408 g/mol. The Bertz CT molecular complexity index is 520. The number of carbonyl (C=O) groups excluding carboxylic acids is 1. The van der Waals surface area contributed by atoms with E-state index in [0.717, 1.165) is 39.0 Å². The smallest absolute Gasteiger partial charge is 0.475 e. The Hall–Kier alpha value is -1.35. The SMILES string of the molecule is CCCCC(=O)N1CC2(CCC(CN3CCCC3)CO2)C1.O=C(O)C(F)(F)F. The van der Waals surface area contributed by atoms with E-state index in [1.165, 1.54) is 38.9 Å². The number of rotatable bonds is 5. The summed E-state index contributed by atoms with van der Waals surface area (Å²) in [6.45, 7) is 8.49. The average Bonchev–Trinajstić information content (AvgIpc) is 3.11. The Kier molecular flexibility index (Phi) is 8.12. The quantitative estimate of drug-likeness (QED) is 0.758. The molecule has 0 aromatic heterocycles. The van der Waals surface area contributed by atoms with Gasteiger partial charge in [0.2, 0.25) is 5.91 Å². The van der Waals surface area contributed by atoms with E-state index >= 15 is 0 Å². The summed E-state index contributed by atoms with van der Waals surface area (Å²) in [5, 5.41) is 7.12. The van der Waals surface area contributed by atoms with Gasteiger partial charge in [0.25, 0.3) is 0 Å². The van der Waals surface area contributed by atoms with Crippen molar-refractivity contribution >= 4 is 11.9 Å². The second-order valence-corrected chi connectivity index (χ2v) is 8.06. The third-order valence-corrected chi connectivity index (χ3v) is 5.65. The lowest BCUT2D eigenvalue weighted by Gasteiger charge is -2.53. The number of halogens is 3. The maximum Gasteiger partial charge on any atom is 0.490 e. The minimum Gasteiger partial charge on any atom is -0.475 e. The fourth-order valence-electron chi connectivity index (χ4n) is 3.95. The third-order valence-electron chi connectivity index (χ3n) is 5.65. The fourth-order valence-corrected chi connectivity index (χ4v) is 3.95. The summed E-state index contributed by atoms with van der Waals surface area (Å²) in [5.41, 5.74) is 0.0172. The van der Waals surface area contributed by atoms with E-state index in [2.05, 4.69) is 11.8 Å². The van der Waals surface area contributed by atoms with E-state index in [-0.39, 0.29) is 5.60 Å². The zero-order valence-corrected chi connectivity index (χ0v) is 16.5. The number of nitrogens with zero attached hydrogens (tertiary/aromatic N) is 2. The molecule has 0 bridgehead atoms. The zero-order chi connectivity index (χ0) is 20.8. The minimum atomic E-state index is -5.08. The topological polar surface area (TPSA) is 70.1 Å². The monoisotopic (exact) mass is 408 g/mol. The lowest BCUT2D eigenvalue weighted by molar-refractivity contribution is -0.192. The van der Waals surface area contributed by atoms with Crippen LogP contribution in [0.1, 0.15) is 51.9 Å². The second-order valence-electron chi connectivity index (χ2n) is 8.06. The van der Waals surface area contributed by atoms with Crippen LogP contribution in [0.5, 0.6) is 0 Å². The van der Waals surface area contributed by atoms with Crippen molar-refractivity contribution in [1.82, 2.24) is 9.80 Å². The summed E-state index contributed by atoms with van der Waals surface area (Å²) >= 11 is 0. The Morgan fingerprint density at radius 3 is 2.29 bits per heavy atom. The van der Waals surface area contributed by atoms with E-state index in [1.807, 2.05) is 4.90 Å². The van der Waals surface area contributed by atoms with E-state index in [0.29, 0.717) is 18.2 Å². The Morgan fingerprint density at radius 2 is 1.82 bits per heavy atom. The molecule has 3 aliphatic heterocycles. The zero-order valence-electron chi connectivity index (χ0n) is 16.5. The number of carbonyl (C=O) groups is 2. The number of hydrogen-bond acceptors (Lipinski definition) is 4. The van der Waals surface area contributed by atoms with Gasteiger partial charge in [0.1, 0.15) is 5.60 Å². The maximum absolute atomic E-state index is 12.0. The van der Waals surface area contributed by atoms with Crippen LogP contribution in [-0.2, 0) is 14.3 Å². The molecule has 162 valence electrons. The fraction of sp³-hybridized carbons (Fsp3) is 0.895. The molecule has 3 aliphatic rings. The highest BCUT2D eigenvalue weighted by Gasteiger charge is 2.48. The molecular formula is C19H31F3N2O4. The highest BCUT2D eigenvalue weighted by molar-refractivity contribution is 5.77. The van der Waals surface area contributed by atoms with Crippen LogP contribution in [0.3, 0.4) is 0 Å². The van der Waals surface area contributed by atoms with Crippen LogP contribution in [-0.4, -0.2) is 77.9 Å². The number of alkyl halides is 3. The van der Waals surface area contributed by atoms with Crippen LogP contribution < -0.4 is 0 Å². The number of aliphatic carboxylic acids is 1. The first kappa shape index (κ1) is 22.9. The molecule has 0 aromatic rings. The number of carboxylic acid groups (broad SMARTS) is 1. The first-order valence-electron chi connectivity index (χ1n) is 10.1. The number of likely N-dealkylation sites (tertiary alicyclic amines) is 2. The molecule has 1 amide bonds. The molecule has 0 aromatic carbocycles. The summed E-state index contributed by atoms with van der Waals surface area (Å²) in [4.78, 5) is 25.5. The molecule has 0 saturated carbocycles. The van der Waals surface area contributed by atoms with Crippen LogP contribution in [0, 0.1) is 5.92 Å². The highest BCUT2D eigenvalue weighted by Crippen LogP contribution is 2.36. The number of hydrogen-bond donors (Lipinski definition) is 1. The van der Waals surface area contributed by atoms with Crippen molar-refractivity contribution in [3.05, 3.63) is 0 Å². The molecule has 1 spiro atoms. The van der Waals surface area contributed by atoms with E-state index in [1.54, 1.807) is 0 Å². The van der Waals surface area contributed by atoms with Crippen molar-refractivity contribution in [2.75, 3.05) is 39.3 Å². The Balaban J connectivity index is 0.000000345. The minimum absolute atomic E-state index is 0.0172. The normalized spacial score (nSPS) is 24.4. The van der Waals surface area contributed by atoms with E-state index in [9.17, 15) is 18.0 Å². The van der Waals surface area contributed by atoms with Crippen molar-refractivity contribution in [2.24, 2.45) is 5.92 Å². The molecule has 6 nitrogen and oxygen atoms in total. The van der Waals surface area contributed by atoms with Crippen molar-refractivity contribution in [2.45, 2.75) is 63.6 Å². The summed E-state index contributed by atoms with van der Waals surface area (Å²) in [7, 11) is 0. The first-order chi connectivity index (χ1) is 13.1. The van der Waals surface area contributed by atoms with Crippen LogP contribution in [0.2, 0.25) is 0 Å². The summed E-state index contributed by atoms with van der Waals surface area (Å²) in [6, 6.07) is 0. The van der Waals surface area contributed by atoms with Crippen LogP contribution in [0.25, 0.3) is 0 Å². The number of unbranched alkanes of at least 4 members (excludes halogenated alkanes) is 1. The molecule has 1 N–H and O–H groups in total. The van der Waals surface area contributed by atoms with Gasteiger partial charge in [-0.15, -0.1) is 0 Å². The van der Waals surface area contributed by atoms with Crippen molar-refractivity contribution in [1.29, 1.82) is 0 Å². The van der Waals surface area contributed by atoms with Crippen molar-refractivity contribution < 1.29 is 32.6 Å². The summed E-state index contributed by atoms with van der Waals surface area (Å²) < 4.78 is 37.9. The largest absolute Gasteiger partial charge is 0.490 e. The number of carboxylic acids is 1. The van der Waals surface area contributed by atoms with Gasteiger partial charge in [0.05, 0.1) is 19.7 Å². The van der Waals surface area contributed by atoms with Gasteiger partial charge >= 0.3 is 12.1 Å². The lowest BCUT2D eigenvalue weighted by Crippen LogP contribution is -2.66. The van der Waals surface area contributed by atoms with Crippen LogP contribution >= 0.6 is 0 Å². The van der Waals surface area contributed by atoms with Gasteiger partial charge < -0.3 is 19.6 Å². The summed E-state index contributed by atoms with van der Waals surface area (Å²) in [5.74, 6) is -1.73. The van der Waals surface area contributed by atoms with Crippen molar-refractivity contribution in [3.63, 3.8) is 0 Å². The Labute approximate surface area is 164 Å². The van der Waals surface area contributed by atoms with Gasteiger partial charge in [-0.1, -0.05) is 13.3 Å². The molecule has 3 saturated heterocycles. The molecule has 1 atom stereocenters. The predicted molar refractivity (Wildman–Crippen MR) is 96.9 cm³/mol. The van der Waals surface area contributed by atoms with Gasteiger partial charge in [-0.2, -0.15) is 13.2 Å². The molecule has 1 unspecified atom stereocenters. The third kappa shape index (κ3) is 6.62. The van der Waals surface area contributed by atoms with Gasteiger partial charge in [-0.3, -0.25) is 4.79 Å². The highest BCUT2D eigenvalue weighted by atomic mass is 19.4. The molecule has 9 heteroatoms. The number of amides is 1. The van der Waals surface area contributed by atoms with Crippen LogP contribution in [0.15, 0.2) is 0 Å². The molecule has 28 heavy (non-hydrogen) atoms. The van der Waals surface area contributed by atoms with Gasteiger partial charge in [0, 0.05) is 13.0 Å². The number of ether oxygens (including phenoxy) is 1. The molecule has 3 fully saturated rings. The molecule has 0 radical (unpaired) electrons. The van der Waals surface area contributed by atoms with Crippen LogP contribution in [0.4, 0.5) is 13.2 Å². The standard InChI is InChI=1S/C17H30N2O2.C2HF3O2/c1-2-3-6-16(20)19-13-17(14-19)8-7-15(12-21-17)11-18-9-4-5-10-18;3-2(4,5)1(6)7/h15H,2-14H2,1H3;(H,6,7). The molecular weight excluding hydrogens is 377 g/mol. The summed E-state index contributed by atoms with van der Waals surface area (Å²) in [6.07, 6.45) is 2.89. The van der Waals surface area contributed by atoms with Gasteiger partial charge in [-0.25, -0.2) is 4.79 Å². The maximum atomic E-state index is 12.0. The second kappa shape index (κ2) is 9.91. The lowest BCUT2D eigenvalue weighted by atomic mass is 9.82. The van der Waals surface area contributed by atoms with Crippen molar-refractivity contribution in [3.8, 4) is 0 Å². The predicted octanol–water partition coefficient (Wildman–Crippen LogP) is 2.91. The molecule has 3 rings (SSSR count). The Morgan fingerprint density at radius 1 is 1.21 bits per heavy atom. The van der Waals surface area contributed by atoms with E-state index < -0.39 is 12.1 Å². The molecule has 0 aliphatic carbocycles. The molecule has 3 heterocycles. The van der Waals surface area contributed by atoms with Gasteiger partial charge in [-0.05, 0) is 51.1 Å². The van der Waals surface area contributed by atoms with Gasteiger partial charge in [0.15, 0.2) is 0 Å².